The molecule has 16 heavy (non-hydrogen) atoms. The van der Waals surface area contributed by atoms with Crippen LogP contribution in [-0.4, -0.2) is 50.9 Å². The molecular formula is C9H16N4O2S. The van der Waals surface area contributed by atoms with Crippen LogP contribution in [0.4, 0.5) is 5.82 Å². The van der Waals surface area contributed by atoms with Crippen LogP contribution >= 0.6 is 0 Å². The van der Waals surface area contributed by atoms with E-state index >= 15 is 0 Å². The predicted octanol–water partition coefficient (Wildman–Crippen LogP) is 0.220. The molecule has 0 bridgehead atoms. The summed E-state index contributed by atoms with van der Waals surface area (Å²) >= 11 is 0. The molecule has 0 spiro atoms. The summed E-state index contributed by atoms with van der Waals surface area (Å²) in [7, 11) is 3.23. The molecular weight excluding hydrogens is 228 g/mol. The molecule has 0 fully saturated rings. The second kappa shape index (κ2) is 4.77. The van der Waals surface area contributed by atoms with E-state index in [0.29, 0.717) is 5.82 Å². The molecule has 6 nitrogen and oxygen atoms in total. The highest BCUT2D eigenvalue weighted by molar-refractivity contribution is 7.89. The van der Waals surface area contributed by atoms with Crippen LogP contribution in [0.25, 0.3) is 0 Å². The van der Waals surface area contributed by atoms with Gasteiger partial charge in [0.2, 0.25) is 10.0 Å². The third-order valence-electron chi connectivity index (χ3n) is 1.85. The SMILES string of the molecule is CN(C)Nc1ccc(S(=O)(=O)N(C)C)cn1. The zero-order valence-electron chi connectivity index (χ0n) is 9.80. The number of anilines is 1. The molecule has 90 valence electrons. The van der Waals surface area contributed by atoms with Gasteiger partial charge in [0.1, 0.15) is 10.7 Å². The van der Waals surface area contributed by atoms with E-state index in [-0.39, 0.29) is 4.90 Å². The number of nitrogens with one attached hydrogen (secondary N) is 1. The van der Waals surface area contributed by atoms with E-state index in [0.717, 1.165) is 4.31 Å². The number of nitrogens with zero attached hydrogens (tertiary/aromatic N) is 3. The Morgan fingerprint density at radius 1 is 1.19 bits per heavy atom. The predicted molar refractivity (Wildman–Crippen MR) is 62.4 cm³/mol. The minimum Gasteiger partial charge on any atom is -0.304 e. The minimum absolute atomic E-state index is 0.182. The molecule has 0 saturated heterocycles. The fourth-order valence-corrected chi connectivity index (χ4v) is 1.89. The fraction of sp³-hybridized carbons (Fsp3) is 0.444. The van der Waals surface area contributed by atoms with E-state index in [2.05, 4.69) is 10.4 Å². The first-order chi connectivity index (χ1) is 7.34. The van der Waals surface area contributed by atoms with Crippen molar-refractivity contribution in [2.45, 2.75) is 4.90 Å². The molecule has 0 aliphatic carbocycles. The van der Waals surface area contributed by atoms with Gasteiger partial charge >= 0.3 is 0 Å². The summed E-state index contributed by atoms with van der Waals surface area (Å²) in [6.45, 7) is 0. The molecule has 0 aliphatic rings. The Bertz CT molecular complexity index is 439. The van der Waals surface area contributed by atoms with Gasteiger partial charge in [-0.1, -0.05) is 0 Å². The van der Waals surface area contributed by atoms with Crippen LogP contribution in [0.15, 0.2) is 23.2 Å². The van der Waals surface area contributed by atoms with Crippen LogP contribution in [0.2, 0.25) is 0 Å². The van der Waals surface area contributed by atoms with Crippen molar-refractivity contribution in [1.82, 2.24) is 14.3 Å². The van der Waals surface area contributed by atoms with Crippen LogP contribution in [0, 0.1) is 0 Å². The van der Waals surface area contributed by atoms with E-state index in [1.807, 2.05) is 14.1 Å². The topological polar surface area (TPSA) is 65.5 Å². The quantitative estimate of drug-likeness (QED) is 0.768. The summed E-state index contributed by atoms with van der Waals surface area (Å²) in [4.78, 5) is 4.19. The lowest BCUT2D eigenvalue weighted by Gasteiger charge is -2.14. The maximum absolute atomic E-state index is 11.7. The molecule has 1 aromatic heterocycles. The molecule has 0 radical (unpaired) electrons. The standard InChI is InChI=1S/C9H16N4O2S/c1-12(2)11-9-6-5-8(7-10-9)16(14,15)13(3)4/h5-7H,1-4H3,(H,10,11). The van der Waals surface area contributed by atoms with E-state index < -0.39 is 10.0 Å². The van der Waals surface area contributed by atoms with Gasteiger partial charge in [0.05, 0.1) is 0 Å². The van der Waals surface area contributed by atoms with Crippen molar-refractivity contribution in [1.29, 1.82) is 0 Å². The molecule has 7 heteroatoms. The first-order valence-corrected chi connectivity index (χ1v) is 6.10. The van der Waals surface area contributed by atoms with E-state index in [9.17, 15) is 8.42 Å². The summed E-state index contributed by atoms with van der Waals surface area (Å²) in [5.74, 6) is 0.600. The Balaban J connectivity index is 2.96. The van der Waals surface area contributed by atoms with Gasteiger partial charge in [-0.05, 0) is 12.1 Å². The summed E-state index contributed by atoms with van der Waals surface area (Å²) in [5, 5.41) is 1.72. The van der Waals surface area contributed by atoms with Crippen molar-refractivity contribution in [3.05, 3.63) is 18.3 Å². The Morgan fingerprint density at radius 3 is 2.19 bits per heavy atom. The van der Waals surface area contributed by atoms with Crippen LogP contribution in [0.3, 0.4) is 0 Å². The Hall–Kier alpha value is -1.18. The highest BCUT2D eigenvalue weighted by atomic mass is 32.2. The minimum atomic E-state index is -3.39. The van der Waals surface area contributed by atoms with E-state index in [1.54, 1.807) is 11.1 Å². The molecule has 1 heterocycles. The highest BCUT2D eigenvalue weighted by Crippen LogP contribution is 2.13. The normalized spacial score (nSPS) is 12.1. The number of hydrogen-bond acceptors (Lipinski definition) is 5. The molecule has 0 amide bonds. The average Bonchev–Trinajstić information content (AvgIpc) is 2.17. The Labute approximate surface area is 95.9 Å². The van der Waals surface area contributed by atoms with E-state index in [4.69, 9.17) is 0 Å². The molecule has 0 aromatic carbocycles. The second-order valence-corrected chi connectivity index (χ2v) is 5.82. The number of hydrogen-bond donors (Lipinski definition) is 1. The smallest absolute Gasteiger partial charge is 0.244 e. The number of rotatable bonds is 4. The van der Waals surface area contributed by atoms with Gasteiger partial charge in [-0.25, -0.2) is 22.7 Å². The number of hydrazine groups is 1. The molecule has 1 rings (SSSR count). The maximum atomic E-state index is 11.7. The van der Waals surface area contributed by atoms with Gasteiger partial charge in [0.15, 0.2) is 0 Å². The van der Waals surface area contributed by atoms with Crippen molar-refractivity contribution in [3.63, 3.8) is 0 Å². The second-order valence-electron chi connectivity index (χ2n) is 3.67. The van der Waals surface area contributed by atoms with Gasteiger partial charge in [-0.2, -0.15) is 0 Å². The molecule has 0 unspecified atom stereocenters. The van der Waals surface area contributed by atoms with Gasteiger partial charge in [-0.3, -0.25) is 0 Å². The summed E-state index contributed by atoms with van der Waals surface area (Å²) in [5.41, 5.74) is 2.93. The molecule has 0 aliphatic heterocycles. The van der Waals surface area contributed by atoms with Gasteiger partial charge in [0.25, 0.3) is 0 Å². The summed E-state index contributed by atoms with van der Waals surface area (Å²) in [6, 6.07) is 3.14. The lowest BCUT2D eigenvalue weighted by atomic mass is 10.5. The lowest BCUT2D eigenvalue weighted by Crippen LogP contribution is -2.23. The molecule has 0 saturated carbocycles. The Morgan fingerprint density at radius 2 is 1.81 bits per heavy atom. The number of sulfonamides is 1. The number of aromatic nitrogens is 1. The molecule has 1 aromatic rings. The van der Waals surface area contributed by atoms with Crippen LogP contribution in [-0.2, 0) is 10.0 Å². The van der Waals surface area contributed by atoms with Crippen molar-refractivity contribution >= 4 is 15.8 Å². The largest absolute Gasteiger partial charge is 0.304 e. The zero-order chi connectivity index (χ0) is 12.3. The molecule has 0 atom stereocenters. The maximum Gasteiger partial charge on any atom is 0.244 e. The number of pyridine rings is 1. The Kier molecular flexibility index (Phi) is 3.84. The summed E-state index contributed by atoms with van der Waals surface area (Å²) in [6.07, 6.45) is 1.33. The third kappa shape index (κ3) is 2.91. The first-order valence-electron chi connectivity index (χ1n) is 4.66. The van der Waals surface area contributed by atoms with Crippen molar-refractivity contribution in [3.8, 4) is 0 Å². The van der Waals surface area contributed by atoms with Crippen LogP contribution in [0.5, 0.6) is 0 Å². The van der Waals surface area contributed by atoms with Crippen LogP contribution < -0.4 is 5.43 Å². The van der Waals surface area contributed by atoms with Crippen molar-refractivity contribution in [2.24, 2.45) is 0 Å². The van der Waals surface area contributed by atoms with Crippen molar-refractivity contribution in [2.75, 3.05) is 33.6 Å². The fourth-order valence-electron chi connectivity index (χ4n) is 1.04. The third-order valence-corrected chi connectivity index (χ3v) is 3.65. The van der Waals surface area contributed by atoms with E-state index in [1.165, 1.54) is 26.4 Å². The zero-order valence-corrected chi connectivity index (χ0v) is 10.6. The molecule has 1 N–H and O–H groups in total. The van der Waals surface area contributed by atoms with Gasteiger partial charge < -0.3 is 5.43 Å². The lowest BCUT2D eigenvalue weighted by molar-refractivity contribution is 0.492. The van der Waals surface area contributed by atoms with Crippen molar-refractivity contribution < 1.29 is 8.42 Å². The van der Waals surface area contributed by atoms with Gasteiger partial charge in [0, 0.05) is 34.4 Å². The summed E-state index contributed by atoms with van der Waals surface area (Å²) < 4.78 is 24.6. The monoisotopic (exact) mass is 244 g/mol. The van der Waals surface area contributed by atoms with Crippen LogP contribution in [0.1, 0.15) is 0 Å². The van der Waals surface area contributed by atoms with Gasteiger partial charge in [-0.15, -0.1) is 0 Å². The highest BCUT2D eigenvalue weighted by Gasteiger charge is 2.17. The average molecular weight is 244 g/mol. The first kappa shape index (κ1) is 12.9.